The summed E-state index contributed by atoms with van der Waals surface area (Å²) in [6.45, 7) is 5.41. The minimum atomic E-state index is -0.177. The predicted molar refractivity (Wildman–Crippen MR) is 96.9 cm³/mol. The predicted octanol–water partition coefficient (Wildman–Crippen LogP) is 2.77. The lowest BCUT2D eigenvalue weighted by molar-refractivity contribution is -0.122. The Balaban J connectivity index is 1.50. The largest absolute Gasteiger partial charge is 0.399 e. The number of carbonyl (C=O) groups excluding carboxylic acids is 1. The minimum Gasteiger partial charge on any atom is -0.399 e. The van der Waals surface area contributed by atoms with E-state index in [-0.39, 0.29) is 5.54 Å². The lowest BCUT2D eigenvalue weighted by Crippen LogP contribution is -2.61. The van der Waals surface area contributed by atoms with Crippen LogP contribution in [0.1, 0.15) is 56.2 Å². The minimum absolute atomic E-state index is 0.177. The summed E-state index contributed by atoms with van der Waals surface area (Å²) in [5.41, 5.74) is 9.62. The second-order valence-corrected chi connectivity index (χ2v) is 7.98. The number of fused-ring (bicyclic) bond motifs is 1. The summed E-state index contributed by atoms with van der Waals surface area (Å²) in [6.07, 6.45) is 8.09. The van der Waals surface area contributed by atoms with Crippen molar-refractivity contribution in [2.45, 2.75) is 63.1 Å². The van der Waals surface area contributed by atoms with Crippen LogP contribution in [-0.4, -0.2) is 47.3 Å². The number of carbonyl (C=O) groups is 1. The van der Waals surface area contributed by atoms with Gasteiger partial charge in [-0.2, -0.15) is 0 Å². The molecule has 1 saturated carbocycles. The van der Waals surface area contributed by atoms with Gasteiger partial charge in [0.2, 0.25) is 0 Å². The van der Waals surface area contributed by atoms with Gasteiger partial charge >= 0.3 is 0 Å². The molecule has 24 heavy (non-hydrogen) atoms. The van der Waals surface area contributed by atoms with Gasteiger partial charge in [-0.3, -0.25) is 9.80 Å². The molecular weight excluding hydrogens is 298 g/mol. The van der Waals surface area contributed by atoms with Crippen molar-refractivity contribution in [1.29, 1.82) is 0 Å². The number of aldehydes is 1. The molecule has 1 heterocycles. The zero-order chi connectivity index (χ0) is 16.7. The lowest BCUT2D eigenvalue weighted by Gasteiger charge is -2.49. The van der Waals surface area contributed by atoms with E-state index in [1.165, 1.54) is 36.7 Å². The third-order valence-corrected chi connectivity index (χ3v) is 6.58. The van der Waals surface area contributed by atoms with Crippen LogP contribution in [0.25, 0.3) is 0 Å². The Labute approximate surface area is 145 Å². The number of piperazine rings is 1. The molecule has 4 heteroatoms. The molecule has 0 bridgehead atoms. The molecule has 130 valence electrons. The van der Waals surface area contributed by atoms with Crippen molar-refractivity contribution in [3.63, 3.8) is 0 Å². The molecule has 0 radical (unpaired) electrons. The molecular formula is C20H29N3O. The highest BCUT2D eigenvalue weighted by atomic mass is 16.1. The average molecular weight is 327 g/mol. The summed E-state index contributed by atoms with van der Waals surface area (Å²) < 4.78 is 0. The number of hydrogen-bond donors (Lipinski definition) is 1. The fourth-order valence-electron chi connectivity index (χ4n) is 5.37. The van der Waals surface area contributed by atoms with Crippen molar-refractivity contribution >= 4 is 12.0 Å². The molecule has 3 aliphatic rings. The van der Waals surface area contributed by atoms with Crippen molar-refractivity contribution in [2.24, 2.45) is 0 Å². The Morgan fingerprint density at radius 1 is 1.25 bits per heavy atom. The van der Waals surface area contributed by atoms with Crippen molar-refractivity contribution in [3.05, 3.63) is 29.3 Å². The van der Waals surface area contributed by atoms with Crippen LogP contribution in [0.4, 0.5) is 5.69 Å². The molecule has 0 aromatic heterocycles. The molecule has 2 N–H and O–H groups in total. The average Bonchev–Trinajstić information content (AvgIpc) is 3.21. The van der Waals surface area contributed by atoms with Gasteiger partial charge in [-0.25, -0.2) is 0 Å². The maximum absolute atomic E-state index is 11.8. The molecule has 1 saturated heterocycles. The Morgan fingerprint density at radius 3 is 2.75 bits per heavy atom. The summed E-state index contributed by atoms with van der Waals surface area (Å²) in [4.78, 5) is 17.0. The van der Waals surface area contributed by atoms with Crippen LogP contribution in [0.2, 0.25) is 0 Å². The molecule has 4 nitrogen and oxygen atoms in total. The van der Waals surface area contributed by atoms with Gasteiger partial charge in [-0.1, -0.05) is 18.9 Å². The van der Waals surface area contributed by atoms with Gasteiger partial charge in [-0.05, 0) is 55.9 Å². The van der Waals surface area contributed by atoms with E-state index in [4.69, 9.17) is 5.73 Å². The second-order valence-electron chi connectivity index (χ2n) is 7.98. The third kappa shape index (κ3) is 2.56. The monoisotopic (exact) mass is 327 g/mol. The standard InChI is InChI=1S/C20H29N3O/c1-15-13-22(10-11-23(15)20(14-24)8-2-3-9-20)19-7-5-16-4-6-17(21)12-18(16)19/h4,6,12,14-15,19H,2-3,5,7-11,13,21H2,1H3/t15-,19?/m0/s1. The lowest BCUT2D eigenvalue weighted by atomic mass is 9.93. The molecule has 1 aliphatic heterocycles. The maximum Gasteiger partial charge on any atom is 0.140 e. The quantitative estimate of drug-likeness (QED) is 0.685. The Kier molecular flexibility index (Phi) is 4.13. The van der Waals surface area contributed by atoms with E-state index in [9.17, 15) is 4.79 Å². The highest BCUT2D eigenvalue weighted by Crippen LogP contribution is 2.40. The van der Waals surface area contributed by atoms with Gasteiger partial charge in [0.25, 0.3) is 0 Å². The zero-order valence-electron chi connectivity index (χ0n) is 14.7. The highest BCUT2D eigenvalue weighted by Gasteiger charge is 2.44. The molecule has 1 aromatic carbocycles. The molecule has 1 aromatic rings. The van der Waals surface area contributed by atoms with Crippen LogP contribution in [0.3, 0.4) is 0 Å². The fraction of sp³-hybridized carbons (Fsp3) is 0.650. The normalized spacial score (nSPS) is 30.4. The highest BCUT2D eigenvalue weighted by molar-refractivity contribution is 5.65. The SMILES string of the molecule is C[C@H]1CN(C2CCc3ccc(N)cc32)CCN1C1(C=O)CCCC1. The van der Waals surface area contributed by atoms with Crippen molar-refractivity contribution in [2.75, 3.05) is 25.4 Å². The smallest absolute Gasteiger partial charge is 0.140 e. The van der Waals surface area contributed by atoms with Gasteiger partial charge in [0.1, 0.15) is 6.29 Å². The molecule has 0 amide bonds. The van der Waals surface area contributed by atoms with E-state index in [1.54, 1.807) is 0 Å². The van der Waals surface area contributed by atoms with E-state index in [2.05, 4.69) is 28.9 Å². The number of benzene rings is 1. The molecule has 0 spiro atoms. The van der Waals surface area contributed by atoms with Crippen LogP contribution in [0.5, 0.6) is 0 Å². The molecule has 4 rings (SSSR count). The Hall–Kier alpha value is -1.39. The molecule has 2 fully saturated rings. The van der Waals surface area contributed by atoms with Crippen molar-refractivity contribution < 1.29 is 4.79 Å². The number of nitrogens with zero attached hydrogens (tertiary/aromatic N) is 2. The molecule has 1 unspecified atom stereocenters. The molecule has 2 aliphatic carbocycles. The van der Waals surface area contributed by atoms with Crippen LogP contribution in [0.15, 0.2) is 18.2 Å². The van der Waals surface area contributed by atoms with Crippen molar-refractivity contribution in [1.82, 2.24) is 9.80 Å². The Bertz CT molecular complexity index is 623. The van der Waals surface area contributed by atoms with Crippen LogP contribution >= 0.6 is 0 Å². The van der Waals surface area contributed by atoms with Gasteiger partial charge in [0, 0.05) is 37.4 Å². The van der Waals surface area contributed by atoms with Gasteiger partial charge in [0.15, 0.2) is 0 Å². The first kappa shape index (κ1) is 16.1. The van der Waals surface area contributed by atoms with E-state index < -0.39 is 0 Å². The van der Waals surface area contributed by atoms with Crippen LogP contribution in [0, 0.1) is 0 Å². The second kappa shape index (κ2) is 6.16. The number of nitrogen functional groups attached to an aromatic ring is 1. The summed E-state index contributed by atoms with van der Waals surface area (Å²) in [5, 5.41) is 0. The topological polar surface area (TPSA) is 49.6 Å². The number of rotatable bonds is 3. The summed E-state index contributed by atoms with van der Waals surface area (Å²) in [6, 6.07) is 7.34. The van der Waals surface area contributed by atoms with Crippen LogP contribution < -0.4 is 5.73 Å². The van der Waals surface area contributed by atoms with Crippen molar-refractivity contribution in [3.8, 4) is 0 Å². The van der Waals surface area contributed by atoms with Crippen LogP contribution in [-0.2, 0) is 11.2 Å². The van der Waals surface area contributed by atoms with Gasteiger partial charge in [-0.15, -0.1) is 0 Å². The first-order valence-corrected chi connectivity index (χ1v) is 9.48. The maximum atomic E-state index is 11.8. The zero-order valence-corrected chi connectivity index (χ0v) is 14.7. The first-order chi connectivity index (χ1) is 11.6. The van der Waals surface area contributed by atoms with E-state index >= 15 is 0 Å². The molecule has 2 atom stereocenters. The number of nitrogens with two attached hydrogens (primary N) is 1. The van der Waals surface area contributed by atoms with Gasteiger partial charge in [0.05, 0.1) is 5.54 Å². The third-order valence-electron chi connectivity index (χ3n) is 6.58. The van der Waals surface area contributed by atoms with E-state index in [0.717, 1.165) is 44.6 Å². The van der Waals surface area contributed by atoms with E-state index in [1.807, 2.05) is 6.07 Å². The first-order valence-electron chi connectivity index (χ1n) is 9.48. The summed E-state index contributed by atoms with van der Waals surface area (Å²) >= 11 is 0. The number of aryl methyl sites for hydroxylation is 1. The van der Waals surface area contributed by atoms with Gasteiger partial charge < -0.3 is 10.5 Å². The fourth-order valence-corrected chi connectivity index (χ4v) is 5.37. The Morgan fingerprint density at radius 2 is 2.04 bits per heavy atom. The number of anilines is 1. The van der Waals surface area contributed by atoms with E-state index in [0.29, 0.717) is 12.1 Å². The summed E-state index contributed by atoms with van der Waals surface area (Å²) in [7, 11) is 0. The number of hydrogen-bond acceptors (Lipinski definition) is 4. The summed E-state index contributed by atoms with van der Waals surface area (Å²) in [5.74, 6) is 0.